The second kappa shape index (κ2) is 6.63. The van der Waals surface area contributed by atoms with E-state index >= 15 is 0 Å². The molecular weight excluding hydrogens is 340 g/mol. The quantitative estimate of drug-likeness (QED) is 0.778. The van der Waals surface area contributed by atoms with Crippen LogP contribution in [0.3, 0.4) is 0 Å². The Morgan fingerprint density at radius 2 is 1.85 bits per heavy atom. The smallest absolute Gasteiger partial charge is 0.274 e. The molecule has 4 heterocycles. The number of pyridine rings is 2. The third-order valence-electron chi connectivity index (χ3n) is 5.46. The number of aromatic nitrogens is 2. The SMILES string of the molecule is O=C(Nc1cccc2cccnc12)c1cc(N2C[C@H]3COC[C@H]3C2)ccn1. The molecule has 6 nitrogen and oxygen atoms in total. The lowest BCUT2D eigenvalue weighted by Crippen LogP contribution is -2.23. The van der Waals surface area contributed by atoms with Gasteiger partial charge in [0.15, 0.2) is 0 Å². The minimum absolute atomic E-state index is 0.224. The van der Waals surface area contributed by atoms with Crippen LogP contribution in [-0.4, -0.2) is 42.2 Å². The number of hydrogen-bond acceptors (Lipinski definition) is 5. The number of para-hydroxylation sites is 1. The molecule has 0 aliphatic carbocycles. The molecule has 3 aromatic rings. The lowest BCUT2D eigenvalue weighted by atomic mass is 10.0. The van der Waals surface area contributed by atoms with E-state index in [1.807, 2.05) is 42.5 Å². The zero-order chi connectivity index (χ0) is 18.2. The third kappa shape index (κ3) is 3.02. The highest BCUT2D eigenvalue weighted by atomic mass is 16.5. The lowest BCUT2D eigenvalue weighted by molar-refractivity contribution is 0.102. The fourth-order valence-electron chi connectivity index (χ4n) is 4.03. The highest BCUT2D eigenvalue weighted by molar-refractivity contribution is 6.07. The van der Waals surface area contributed by atoms with E-state index in [2.05, 4.69) is 20.2 Å². The molecule has 27 heavy (non-hydrogen) atoms. The normalized spacial score (nSPS) is 21.4. The summed E-state index contributed by atoms with van der Waals surface area (Å²) in [7, 11) is 0. The summed E-state index contributed by atoms with van der Waals surface area (Å²) >= 11 is 0. The zero-order valence-corrected chi connectivity index (χ0v) is 14.8. The van der Waals surface area contributed by atoms with Crippen molar-refractivity contribution in [2.45, 2.75) is 0 Å². The van der Waals surface area contributed by atoms with E-state index in [4.69, 9.17) is 4.74 Å². The van der Waals surface area contributed by atoms with E-state index in [-0.39, 0.29) is 5.91 Å². The van der Waals surface area contributed by atoms with Gasteiger partial charge in [-0.05, 0) is 24.3 Å². The highest BCUT2D eigenvalue weighted by Crippen LogP contribution is 2.32. The Balaban J connectivity index is 1.37. The molecular formula is C21H20N4O2. The summed E-state index contributed by atoms with van der Waals surface area (Å²) in [6.07, 6.45) is 3.43. The summed E-state index contributed by atoms with van der Waals surface area (Å²) in [5.74, 6) is 0.965. The number of carbonyl (C=O) groups excluding carboxylic acids is 1. The van der Waals surface area contributed by atoms with Gasteiger partial charge in [-0.3, -0.25) is 14.8 Å². The first-order valence-corrected chi connectivity index (χ1v) is 9.22. The number of nitrogens with one attached hydrogen (secondary N) is 1. The minimum atomic E-state index is -0.224. The van der Waals surface area contributed by atoms with E-state index in [1.165, 1.54) is 0 Å². The van der Waals surface area contributed by atoms with Crippen LogP contribution in [0.1, 0.15) is 10.5 Å². The van der Waals surface area contributed by atoms with Crippen molar-refractivity contribution >= 4 is 28.2 Å². The van der Waals surface area contributed by atoms with Gasteiger partial charge in [-0.15, -0.1) is 0 Å². The number of hydrogen-bond donors (Lipinski definition) is 1. The molecule has 1 aromatic carbocycles. The maximum atomic E-state index is 12.8. The van der Waals surface area contributed by atoms with E-state index in [0.717, 1.165) is 42.9 Å². The molecule has 0 radical (unpaired) electrons. The summed E-state index contributed by atoms with van der Waals surface area (Å²) in [6.45, 7) is 3.63. The number of amides is 1. The number of nitrogens with zero attached hydrogens (tertiary/aromatic N) is 3. The monoisotopic (exact) mass is 360 g/mol. The predicted molar refractivity (Wildman–Crippen MR) is 104 cm³/mol. The van der Waals surface area contributed by atoms with E-state index in [0.29, 0.717) is 23.2 Å². The van der Waals surface area contributed by atoms with Gasteiger partial charge in [0.1, 0.15) is 5.69 Å². The van der Waals surface area contributed by atoms with Gasteiger partial charge in [0.2, 0.25) is 0 Å². The van der Waals surface area contributed by atoms with Crippen LogP contribution < -0.4 is 10.2 Å². The van der Waals surface area contributed by atoms with Crippen LogP contribution in [-0.2, 0) is 4.74 Å². The number of anilines is 2. The Morgan fingerprint density at radius 1 is 1.04 bits per heavy atom. The maximum absolute atomic E-state index is 12.8. The third-order valence-corrected chi connectivity index (χ3v) is 5.46. The molecule has 0 saturated carbocycles. The van der Waals surface area contributed by atoms with E-state index < -0.39 is 0 Å². The molecule has 2 aromatic heterocycles. The summed E-state index contributed by atoms with van der Waals surface area (Å²) in [5.41, 5.74) is 2.92. The van der Waals surface area contributed by atoms with E-state index in [9.17, 15) is 4.79 Å². The molecule has 0 spiro atoms. The van der Waals surface area contributed by atoms with Crippen LogP contribution in [0, 0.1) is 11.8 Å². The standard InChI is InChI=1S/C21H20N4O2/c26-21(24-18-5-1-3-14-4-2-7-23-20(14)18)19-9-17(6-8-22-19)25-10-15-12-27-13-16(15)11-25/h1-9,15-16H,10-13H2,(H,24,26)/t15-,16+. The second-order valence-corrected chi connectivity index (χ2v) is 7.20. The summed E-state index contributed by atoms with van der Waals surface area (Å²) in [6, 6.07) is 13.5. The van der Waals surface area contributed by atoms with Crippen molar-refractivity contribution in [1.29, 1.82) is 0 Å². The topological polar surface area (TPSA) is 67.4 Å². The molecule has 5 rings (SSSR count). The molecule has 2 saturated heterocycles. The van der Waals surface area contributed by atoms with Gasteiger partial charge < -0.3 is 15.0 Å². The Bertz CT molecular complexity index is 989. The number of rotatable bonds is 3. The maximum Gasteiger partial charge on any atom is 0.274 e. The Kier molecular flexibility index (Phi) is 3.98. The van der Waals surface area contributed by atoms with Gasteiger partial charge in [-0.2, -0.15) is 0 Å². The van der Waals surface area contributed by atoms with Gasteiger partial charge in [0.25, 0.3) is 5.91 Å². The van der Waals surface area contributed by atoms with Crippen molar-refractivity contribution in [2.24, 2.45) is 11.8 Å². The van der Waals surface area contributed by atoms with Gasteiger partial charge in [-0.1, -0.05) is 18.2 Å². The molecule has 136 valence electrons. The van der Waals surface area contributed by atoms with Gasteiger partial charge in [-0.25, -0.2) is 0 Å². The average molecular weight is 360 g/mol. The summed E-state index contributed by atoms with van der Waals surface area (Å²) in [5, 5.41) is 3.95. The van der Waals surface area contributed by atoms with Crippen molar-refractivity contribution in [3.8, 4) is 0 Å². The molecule has 1 amide bonds. The molecule has 0 bridgehead atoms. The minimum Gasteiger partial charge on any atom is -0.381 e. The summed E-state index contributed by atoms with van der Waals surface area (Å²) in [4.78, 5) is 23.8. The van der Waals surface area contributed by atoms with Gasteiger partial charge >= 0.3 is 0 Å². The highest BCUT2D eigenvalue weighted by Gasteiger charge is 2.37. The Labute approximate surface area is 157 Å². The first kappa shape index (κ1) is 16.2. The van der Waals surface area contributed by atoms with Crippen LogP contribution in [0.25, 0.3) is 10.9 Å². The lowest BCUT2D eigenvalue weighted by Gasteiger charge is -2.20. The number of ether oxygens (including phenoxy) is 1. The van der Waals surface area contributed by atoms with Crippen molar-refractivity contribution in [1.82, 2.24) is 9.97 Å². The van der Waals surface area contributed by atoms with Crippen molar-refractivity contribution in [2.75, 3.05) is 36.5 Å². The Morgan fingerprint density at radius 3 is 2.70 bits per heavy atom. The average Bonchev–Trinajstić information content (AvgIpc) is 3.31. The van der Waals surface area contributed by atoms with E-state index in [1.54, 1.807) is 12.4 Å². The largest absolute Gasteiger partial charge is 0.381 e. The van der Waals surface area contributed by atoms with Crippen molar-refractivity contribution < 1.29 is 9.53 Å². The molecule has 6 heteroatoms. The first-order chi connectivity index (χ1) is 13.3. The van der Waals surface area contributed by atoms with Crippen LogP contribution in [0.15, 0.2) is 54.9 Å². The molecule has 2 atom stereocenters. The predicted octanol–water partition coefficient (Wildman–Crippen LogP) is 2.96. The molecule has 1 N–H and O–H groups in total. The van der Waals surface area contributed by atoms with Crippen molar-refractivity contribution in [3.05, 3.63) is 60.6 Å². The van der Waals surface area contributed by atoms with Crippen LogP contribution in [0.2, 0.25) is 0 Å². The Hall–Kier alpha value is -2.99. The fraction of sp³-hybridized carbons (Fsp3) is 0.286. The zero-order valence-electron chi connectivity index (χ0n) is 14.8. The first-order valence-electron chi connectivity index (χ1n) is 9.22. The van der Waals surface area contributed by atoms with Crippen molar-refractivity contribution in [3.63, 3.8) is 0 Å². The number of carbonyl (C=O) groups is 1. The summed E-state index contributed by atoms with van der Waals surface area (Å²) < 4.78 is 5.55. The van der Waals surface area contributed by atoms with Crippen LogP contribution in [0.5, 0.6) is 0 Å². The van der Waals surface area contributed by atoms with Crippen LogP contribution in [0.4, 0.5) is 11.4 Å². The molecule has 2 fully saturated rings. The number of fused-ring (bicyclic) bond motifs is 2. The fourth-order valence-corrected chi connectivity index (χ4v) is 4.03. The molecule has 2 aliphatic rings. The molecule has 0 unspecified atom stereocenters. The molecule has 2 aliphatic heterocycles. The van der Waals surface area contributed by atoms with Crippen LogP contribution >= 0.6 is 0 Å². The van der Waals surface area contributed by atoms with Gasteiger partial charge in [0.05, 0.1) is 24.4 Å². The van der Waals surface area contributed by atoms with Gasteiger partial charge in [0, 0.05) is 48.4 Å². The number of benzene rings is 1. The second-order valence-electron chi connectivity index (χ2n) is 7.20.